The summed E-state index contributed by atoms with van der Waals surface area (Å²) < 4.78 is 4.77. The van der Waals surface area contributed by atoms with E-state index in [0.29, 0.717) is 23.8 Å². The zero-order valence-corrected chi connectivity index (χ0v) is 22.1. The Bertz CT molecular complexity index is 1250. The van der Waals surface area contributed by atoms with Gasteiger partial charge >= 0.3 is 12.1 Å². The summed E-state index contributed by atoms with van der Waals surface area (Å²) >= 11 is 0. The van der Waals surface area contributed by atoms with E-state index < -0.39 is 30.0 Å². The highest BCUT2D eigenvalue weighted by Gasteiger charge is 2.31. The number of anilines is 1. The number of hydrogen-bond acceptors (Lipinski definition) is 11. The number of ether oxygens (including phenoxy) is 1. The highest BCUT2D eigenvalue weighted by molar-refractivity contribution is 5.97. The third-order valence-corrected chi connectivity index (χ3v) is 6.20. The molecule has 14 nitrogen and oxygen atoms in total. The minimum Gasteiger partial charge on any atom is -0.481 e. The Kier molecular flexibility index (Phi) is 9.57. The zero-order valence-electron chi connectivity index (χ0n) is 22.1. The van der Waals surface area contributed by atoms with Crippen molar-refractivity contribution in [3.05, 3.63) is 42.1 Å². The van der Waals surface area contributed by atoms with E-state index in [1.807, 2.05) is 30.3 Å². The molecule has 2 amide bonds. The van der Waals surface area contributed by atoms with Gasteiger partial charge in [0.2, 0.25) is 5.91 Å². The molecule has 1 saturated heterocycles. The van der Waals surface area contributed by atoms with Crippen LogP contribution >= 0.6 is 0 Å². The summed E-state index contributed by atoms with van der Waals surface area (Å²) in [5, 5.41) is 19.3. The largest absolute Gasteiger partial charge is 0.527 e. The predicted octanol–water partition coefficient (Wildman–Crippen LogP) is 1.53. The van der Waals surface area contributed by atoms with Gasteiger partial charge < -0.3 is 24.9 Å². The van der Waals surface area contributed by atoms with Gasteiger partial charge in [0.1, 0.15) is 11.7 Å². The third-order valence-electron chi connectivity index (χ3n) is 6.20. The normalized spacial score (nSPS) is 15.9. The minimum absolute atomic E-state index is 0.0201. The molecule has 1 aromatic heterocycles. The number of hydrazone groups is 1. The summed E-state index contributed by atoms with van der Waals surface area (Å²) in [5.74, 6) is -1.43. The number of carbonyl (C=O) groups excluding carboxylic acids is 3. The molecule has 1 atom stereocenters. The Hall–Kier alpha value is -4.59. The van der Waals surface area contributed by atoms with Crippen LogP contribution in [0, 0.1) is 0 Å². The molecule has 0 spiro atoms. The molecule has 14 heteroatoms. The number of nitrogens with zero attached hydrogens (tertiary/aromatic N) is 6. The fourth-order valence-corrected chi connectivity index (χ4v) is 4.19. The highest BCUT2D eigenvalue weighted by atomic mass is 16.8. The van der Waals surface area contributed by atoms with Crippen LogP contribution in [0.5, 0.6) is 0 Å². The summed E-state index contributed by atoms with van der Waals surface area (Å²) in [7, 11) is 0. The lowest BCUT2D eigenvalue weighted by molar-refractivity contribution is -0.157. The lowest BCUT2D eigenvalue weighted by atomic mass is 10.1. The van der Waals surface area contributed by atoms with Crippen molar-refractivity contribution in [2.24, 2.45) is 5.10 Å². The van der Waals surface area contributed by atoms with Crippen LogP contribution in [0.25, 0.3) is 11.4 Å². The van der Waals surface area contributed by atoms with Crippen molar-refractivity contribution in [2.45, 2.75) is 32.2 Å². The Balaban J connectivity index is 1.50. The number of carboxylic acid groups (broad SMARTS) is 1. The number of carboxylic acids is 1. The number of aromatic nitrogens is 2. The van der Waals surface area contributed by atoms with Gasteiger partial charge in [-0.3, -0.25) is 14.4 Å². The molecule has 0 aliphatic carbocycles. The van der Waals surface area contributed by atoms with Gasteiger partial charge in [-0.1, -0.05) is 30.3 Å². The molecular weight excluding hydrogens is 522 g/mol. The van der Waals surface area contributed by atoms with Crippen molar-refractivity contribution in [2.75, 3.05) is 44.3 Å². The highest BCUT2D eigenvalue weighted by Crippen LogP contribution is 2.22. The standard InChI is InChI=1S/C26H31N7O7/c1-2-39-26(38)40-32-15-13-31(14-16-32)25(37)19(9-10-22(34)35)29-24(36)20-17-21(33-12-6-11-27-33)30-23(28-20)18-7-4-3-5-8-18/h3-5,7-8,11,17,19H,2,6,9-10,12-16H2,1H3,(H,29,36)(H,34,35)/t19-/m0/s1. The maximum Gasteiger partial charge on any atom is 0.527 e. The maximum atomic E-state index is 13.4. The molecule has 2 aliphatic rings. The number of aliphatic carboxylic acids is 1. The van der Waals surface area contributed by atoms with Crippen LogP contribution in [0.1, 0.15) is 36.7 Å². The van der Waals surface area contributed by atoms with Gasteiger partial charge in [0.05, 0.1) is 19.7 Å². The van der Waals surface area contributed by atoms with Gasteiger partial charge in [-0.15, -0.1) is 5.06 Å². The Morgan fingerprint density at radius 3 is 2.45 bits per heavy atom. The minimum atomic E-state index is -1.11. The van der Waals surface area contributed by atoms with Crippen LogP contribution in [-0.2, 0) is 19.2 Å². The first-order valence-electron chi connectivity index (χ1n) is 13.0. The summed E-state index contributed by atoms with van der Waals surface area (Å²) in [6.45, 7) is 3.31. The molecule has 3 heterocycles. The Morgan fingerprint density at radius 2 is 1.80 bits per heavy atom. The van der Waals surface area contributed by atoms with Gasteiger partial charge in [0.25, 0.3) is 5.91 Å². The number of rotatable bonds is 10. The van der Waals surface area contributed by atoms with Crippen LogP contribution in [0.4, 0.5) is 10.6 Å². The number of piperazine rings is 1. The molecule has 40 heavy (non-hydrogen) atoms. The number of amides is 2. The molecule has 2 aromatic rings. The number of hydroxylamine groups is 2. The van der Waals surface area contributed by atoms with Gasteiger partial charge in [0, 0.05) is 50.3 Å². The molecule has 1 aromatic carbocycles. The lowest BCUT2D eigenvalue weighted by Crippen LogP contribution is -2.55. The van der Waals surface area contributed by atoms with E-state index in [-0.39, 0.29) is 51.3 Å². The summed E-state index contributed by atoms with van der Waals surface area (Å²) in [5.41, 5.74) is 0.717. The van der Waals surface area contributed by atoms with Crippen LogP contribution in [0.3, 0.4) is 0 Å². The second kappa shape index (κ2) is 13.5. The molecule has 0 saturated carbocycles. The first kappa shape index (κ1) is 28.4. The van der Waals surface area contributed by atoms with Gasteiger partial charge in [-0.25, -0.2) is 19.8 Å². The fraction of sp³-hybridized carbons (Fsp3) is 0.423. The summed E-state index contributed by atoms with van der Waals surface area (Å²) in [6.07, 6.45) is 1.22. The first-order chi connectivity index (χ1) is 19.3. The van der Waals surface area contributed by atoms with E-state index in [9.17, 15) is 24.3 Å². The third kappa shape index (κ3) is 7.50. The topological polar surface area (TPSA) is 167 Å². The van der Waals surface area contributed by atoms with Crippen LogP contribution < -0.4 is 10.3 Å². The quantitative estimate of drug-likeness (QED) is 0.410. The van der Waals surface area contributed by atoms with Crippen LogP contribution in [0.15, 0.2) is 41.5 Å². The molecule has 1 fully saturated rings. The van der Waals surface area contributed by atoms with Crippen molar-refractivity contribution in [1.29, 1.82) is 0 Å². The molecule has 4 rings (SSSR count). The predicted molar refractivity (Wildman–Crippen MR) is 142 cm³/mol. The first-order valence-corrected chi connectivity index (χ1v) is 13.0. The average molecular weight is 554 g/mol. The Labute approximate surface area is 230 Å². The van der Waals surface area contributed by atoms with Crippen molar-refractivity contribution in [1.82, 2.24) is 25.2 Å². The number of benzene rings is 1. The molecule has 0 radical (unpaired) electrons. The number of hydrogen-bond donors (Lipinski definition) is 2. The molecule has 2 aliphatic heterocycles. The van der Waals surface area contributed by atoms with E-state index in [0.717, 1.165) is 6.42 Å². The average Bonchev–Trinajstić information content (AvgIpc) is 3.51. The smallest absolute Gasteiger partial charge is 0.481 e. The molecule has 212 valence electrons. The molecular formula is C26H31N7O7. The summed E-state index contributed by atoms with van der Waals surface area (Å²) in [4.78, 5) is 65.3. The monoisotopic (exact) mass is 553 g/mol. The maximum absolute atomic E-state index is 13.4. The number of carbonyl (C=O) groups is 4. The van der Waals surface area contributed by atoms with Gasteiger partial charge in [-0.05, 0) is 13.3 Å². The van der Waals surface area contributed by atoms with Crippen molar-refractivity contribution < 1.29 is 33.9 Å². The lowest BCUT2D eigenvalue weighted by Gasteiger charge is -2.35. The van der Waals surface area contributed by atoms with E-state index in [4.69, 9.17) is 9.57 Å². The molecule has 2 N–H and O–H groups in total. The van der Waals surface area contributed by atoms with E-state index >= 15 is 0 Å². The van der Waals surface area contributed by atoms with E-state index in [1.165, 1.54) is 16.0 Å². The van der Waals surface area contributed by atoms with Gasteiger partial charge in [0.15, 0.2) is 11.6 Å². The fourth-order valence-electron chi connectivity index (χ4n) is 4.19. The SMILES string of the molecule is CCOC(=O)ON1CCN(C(=O)[C@H](CCC(=O)O)NC(=O)c2cc(N3CCC=N3)nc(-c3ccccc3)n2)CC1. The second-order valence-corrected chi connectivity index (χ2v) is 9.00. The van der Waals surface area contributed by atoms with E-state index in [1.54, 1.807) is 18.1 Å². The van der Waals surface area contributed by atoms with Crippen LogP contribution in [-0.4, -0.2) is 101 Å². The summed E-state index contributed by atoms with van der Waals surface area (Å²) in [6, 6.07) is 9.54. The molecule has 0 unspecified atom stereocenters. The zero-order chi connectivity index (χ0) is 28.5. The van der Waals surface area contributed by atoms with Crippen molar-refractivity contribution in [3.8, 4) is 11.4 Å². The molecule has 0 bridgehead atoms. The Morgan fingerprint density at radius 1 is 1.05 bits per heavy atom. The van der Waals surface area contributed by atoms with Gasteiger partial charge in [-0.2, -0.15) is 5.10 Å². The second-order valence-electron chi connectivity index (χ2n) is 9.00. The number of nitrogens with one attached hydrogen (secondary N) is 1. The van der Waals surface area contributed by atoms with E-state index in [2.05, 4.69) is 20.4 Å². The van der Waals surface area contributed by atoms with Crippen molar-refractivity contribution >= 4 is 36.0 Å². The van der Waals surface area contributed by atoms with Crippen LogP contribution in [0.2, 0.25) is 0 Å². The van der Waals surface area contributed by atoms with Crippen molar-refractivity contribution in [3.63, 3.8) is 0 Å².